The third-order valence-corrected chi connectivity index (χ3v) is 10.6. The van der Waals surface area contributed by atoms with Crippen molar-refractivity contribution in [2.24, 2.45) is 0 Å². The Morgan fingerprint density at radius 2 is 1.81 bits per heavy atom. The van der Waals surface area contributed by atoms with Gasteiger partial charge in [0.05, 0.1) is 35.0 Å². The standard InChI is InChI=1S/C35H31BrN8O3S/c1-22-16-23(2)44-33(38-22)31(18-37-44)34(45)39-28-10-6-25(7-11-28)32-21-43(41-40-32)19-24-4-3-5-26(17-24)35(46)42-15-14-30(20-42)48(47)29-12-8-27(36)9-13-29/h3-13,16-18,21,30H,14-15,19-20H2,1-2H3,(H,39,45). The lowest BCUT2D eigenvalue weighted by Gasteiger charge is -2.17. The average Bonchev–Trinajstić information content (AvgIpc) is 3.86. The van der Waals surface area contributed by atoms with Crippen LogP contribution in [0, 0.1) is 13.8 Å². The number of aryl methyl sites for hydroxylation is 2. The molecule has 3 aromatic heterocycles. The molecule has 2 unspecified atom stereocenters. The van der Waals surface area contributed by atoms with Crippen molar-refractivity contribution in [1.82, 2.24) is 34.5 Å². The van der Waals surface area contributed by atoms with Crippen molar-refractivity contribution in [3.63, 3.8) is 0 Å². The van der Waals surface area contributed by atoms with Crippen LogP contribution in [0.15, 0.2) is 101 Å². The van der Waals surface area contributed by atoms with E-state index in [1.165, 1.54) is 6.20 Å². The highest BCUT2D eigenvalue weighted by atomic mass is 79.9. The van der Waals surface area contributed by atoms with Crippen LogP contribution < -0.4 is 5.32 Å². The summed E-state index contributed by atoms with van der Waals surface area (Å²) in [4.78, 5) is 33.5. The maximum absolute atomic E-state index is 13.4. The second-order valence-corrected chi connectivity index (χ2v) is 14.4. The van der Waals surface area contributed by atoms with E-state index in [-0.39, 0.29) is 17.1 Å². The van der Waals surface area contributed by atoms with Crippen LogP contribution in [-0.4, -0.2) is 68.9 Å². The van der Waals surface area contributed by atoms with E-state index < -0.39 is 10.8 Å². The van der Waals surface area contributed by atoms with Gasteiger partial charge >= 0.3 is 0 Å². The third kappa shape index (κ3) is 6.56. The van der Waals surface area contributed by atoms with Crippen LogP contribution in [0.2, 0.25) is 0 Å². The van der Waals surface area contributed by atoms with Gasteiger partial charge in [-0.15, -0.1) is 5.10 Å². The molecule has 11 nitrogen and oxygen atoms in total. The third-order valence-electron chi connectivity index (χ3n) is 8.30. The lowest BCUT2D eigenvalue weighted by molar-refractivity contribution is 0.0793. The van der Waals surface area contributed by atoms with Crippen molar-refractivity contribution in [2.45, 2.75) is 37.0 Å². The normalized spacial score (nSPS) is 15.1. The summed E-state index contributed by atoms with van der Waals surface area (Å²) < 4.78 is 17.4. The van der Waals surface area contributed by atoms with E-state index in [9.17, 15) is 13.8 Å². The molecule has 0 radical (unpaired) electrons. The number of aromatic nitrogens is 6. The number of carbonyl (C=O) groups is 2. The van der Waals surface area contributed by atoms with E-state index in [0.717, 1.165) is 31.9 Å². The summed E-state index contributed by atoms with van der Waals surface area (Å²) in [5, 5.41) is 15.8. The number of benzene rings is 3. The summed E-state index contributed by atoms with van der Waals surface area (Å²) in [6, 6.07) is 24.3. The number of hydrogen-bond donors (Lipinski definition) is 1. The highest BCUT2D eigenvalue weighted by Crippen LogP contribution is 2.25. The molecule has 3 aromatic carbocycles. The van der Waals surface area contributed by atoms with Crippen molar-refractivity contribution >= 4 is 49.9 Å². The maximum atomic E-state index is 13.4. The van der Waals surface area contributed by atoms with E-state index in [1.54, 1.807) is 14.1 Å². The van der Waals surface area contributed by atoms with Gasteiger partial charge < -0.3 is 10.2 Å². The van der Waals surface area contributed by atoms with Crippen molar-refractivity contribution in [3.8, 4) is 11.3 Å². The average molecular weight is 724 g/mol. The highest BCUT2D eigenvalue weighted by Gasteiger charge is 2.31. The Morgan fingerprint density at radius 1 is 1.02 bits per heavy atom. The molecule has 0 bridgehead atoms. The molecule has 7 rings (SSSR count). The summed E-state index contributed by atoms with van der Waals surface area (Å²) in [6.07, 6.45) is 4.07. The van der Waals surface area contributed by atoms with Crippen LogP contribution in [0.1, 0.15) is 44.1 Å². The predicted octanol–water partition coefficient (Wildman–Crippen LogP) is 5.69. The first kappa shape index (κ1) is 31.6. The fraction of sp³-hybridized carbons (Fsp3) is 0.200. The minimum atomic E-state index is -1.18. The highest BCUT2D eigenvalue weighted by molar-refractivity contribution is 9.10. The molecule has 48 heavy (non-hydrogen) atoms. The van der Waals surface area contributed by atoms with Crippen molar-refractivity contribution in [2.75, 3.05) is 18.4 Å². The van der Waals surface area contributed by atoms with Gasteiger partial charge in [-0.05, 0) is 80.4 Å². The molecule has 6 aromatic rings. The van der Waals surface area contributed by atoms with Gasteiger partial charge in [0.1, 0.15) is 11.3 Å². The van der Waals surface area contributed by atoms with Crippen LogP contribution in [0.4, 0.5) is 5.69 Å². The second kappa shape index (κ2) is 13.2. The number of amides is 2. The molecule has 0 saturated carbocycles. The van der Waals surface area contributed by atoms with Crippen molar-refractivity contribution in [3.05, 3.63) is 124 Å². The van der Waals surface area contributed by atoms with Gasteiger partial charge in [0, 0.05) is 50.7 Å². The minimum absolute atomic E-state index is 0.0679. The van der Waals surface area contributed by atoms with Crippen molar-refractivity contribution < 1.29 is 13.8 Å². The molecular weight excluding hydrogens is 692 g/mol. The smallest absolute Gasteiger partial charge is 0.261 e. The first-order valence-electron chi connectivity index (χ1n) is 15.4. The number of hydrogen-bond acceptors (Lipinski definition) is 7. The molecule has 1 fully saturated rings. The van der Waals surface area contributed by atoms with Gasteiger partial charge in [-0.2, -0.15) is 5.10 Å². The predicted molar refractivity (Wildman–Crippen MR) is 186 cm³/mol. The zero-order chi connectivity index (χ0) is 33.4. The Labute approximate surface area is 287 Å². The Hall–Kier alpha value is -5.01. The minimum Gasteiger partial charge on any atom is -0.337 e. The molecular formula is C35H31BrN8O3S. The summed E-state index contributed by atoms with van der Waals surface area (Å²) in [5.41, 5.74) is 6.29. The van der Waals surface area contributed by atoms with E-state index in [2.05, 4.69) is 41.6 Å². The summed E-state index contributed by atoms with van der Waals surface area (Å²) in [6.45, 7) is 5.27. The molecule has 13 heteroatoms. The lowest BCUT2D eigenvalue weighted by atomic mass is 10.1. The van der Waals surface area contributed by atoms with E-state index in [0.29, 0.717) is 54.2 Å². The lowest BCUT2D eigenvalue weighted by Crippen LogP contribution is -2.30. The number of halogens is 1. The molecule has 2 amide bonds. The summed E-state index contributed by atoms with van der Waals surface area (Å²) in [5.74, 6) is -0.358. The number of likely N-dealkylation sites (tertiary alicyclic amines) is 1. The van der Waals surface area contributed by atoms with Crippen LogP contribution in [-0.2, 0) is 17.3 Å². The Bertz CT molecular complexity index is 2180. The Balaban J connectivity index is 0.974. The maximum Gasteiger partial charge on any atom is 0.261 e. The molecule has 1 aliphatic rings. The van der Waals surface area contributed by atoms with E-state index in [1.807, 2.05) is 98.9 Å². The molecule has 4 heterocycles. The van der Waals surface area contributed by atoms with Gasteiger partial charge in [-0.3, -0.25) is 13.8 Å². The van der Waals surface area contributed by atoms with Crippen LogP contribution in [0.25, 0.3) is 16.9 Å². The molecule has 1 aliphatic heterocycles. The van der Waals surface area contributed by atoms with Crippen molar-refractivity contribution in [1.29, 1.82) is 0 Å². The fourth-order valence-corrected chi connectivity index (χ4v) is 7.57. The van der Waals surface area contributed by atoms with E-state index in [4.69, 9.17) is 0 Å². The summed E-state index contributed by atoms with van der Waals surface area (Å²) in [7, 11) is -1.18. The van der Waals surface area contributed by atoms with Gasteiger partial charge in [0.15, 0.2) is 5.65 Å². The quantitative estimate of drug-likeness (QED) is 0.214. The van der Waals surface area contributed by atoms with Gasteiger partial charge in [0.25, 0.3) is 11.8 Å². The van der Waals surface area contributed by atoms with Crippen LogP contribution in [0.5, 0.6) is 0 Å². The monoisotopic (exact) mass is 722 g/mol. The molecule has 0 spiro atoms. The first-order chi connectivity index (χ1) is 23.2. The number of anilines is 1. The SMILES string of the molecule is Cc1cc(C)n2ncc(C(=O)Nc3ccc(-c4cn(Cc5cccc(C(=O)N6CCC(S(=O)c7ccc(Br)cc7)C6)c5)nn4)cc3)c2n1. The fourth-order valence-electron chi connectivity index (χ4n) is 5.88. The van der Waals surface area contributed by atoms with Gasteiger partial charge in [-0.1, -0.05) is 45.4 Å². The van der Waals surface area contributed by atoms with Gasteiger partial charge in [-0.25, -0.2) is 14.2 Å². The number of fused-ring (bicyclic) bond motifs is 1. The number of rotatable bonds is 8. The second-order valence-electron chi connectivity index (χ2n) is 11.8. The zero-order valence-corrected chi connectivity index (χ0v) is 28.6. The number of nitrogens with zero attached hydrogens (tertiary/aromatic N) is 7. The van der Waals surface area contributed by atoms with Crippen LogP contribution >= 0.6 is 15.9 Å². The topological polar surface area (TPSA) is 127 Å². The molecule has 1 saturated heterocycles. The van der Waals surface area contributed by atoms with Crippen LogP contribution in [0.3, 0.4) is 0 Å². The Kier molecular flexibility index (Phi) is 8.71. The molecule has 0 aliphatic carbocycles. The van der Waals surface area contributed by atoms with Gasteiger partial charge in [0.2, 0.25) is 0 Å². The molecule has 242 valence electrons. The Morgan fingerprint density at radius 3 is 2.60 bits per heavy atom. The molecule has 1 N–H and O–H groups in total. The summed E-state index contributed by atoms with van der Waals surface area (Å²) >= 11 is 3.42. The first-order valence-corrected chi connectivity index (χ1v) is 17.4. The van der Waals surface area contributed by atoms with E-state index >= 15 is 0 Å². The largest absolute Gasteiger partial charge is 0.337 e. The molecule has 2 atom stereocenters. The number of carbonyl (C=O) groups excluding carboxylic acids is 2. The number of nitrogens with one attached hydrogen (secondary N) is 1. The zero-order valence-electron chi connectivity index (χ0n) is 26.2.